The third kappa shape index (κ3) is 5.14. The molecule has 0 radical (unpaired) electrons. The summed E-state index contributed by atoms with van der Waals surface area (Å²) in [5, 5.41) is 0.521. The Morgan fingerprint density at radius 3 is 2.61 bits per heavy atom. The lowest BCUT2D eigenvalue weighted by atomic mass is 10.1. The Balaban J connectivity index is 0.00000272. The van der Waals surface area contributed by atoms with E-state index in [9.17, 15) is 9.59 Å². The normalized spacial score (nSPS) is 14.8. The number of carbonyl (C=O) groups excluding carboxylic acids is 1. The average Bonchev–Trinajstić information content (AvgIpc) is 3.01. The zero-order valence-corrected chi connectivity index (χ0v) is 18.8. The molecule has 0 spiro atoms. The van der Waals surface area contributed by atoms with Gasteiger partial charge in [-0.05, 0) is 68.1 Å². The molecule has 4 rings (SSSR count). The van der Waals surface area contributed by atoms with Gasteiger partial charge in [0.25, 0.3) is 5.91 Å². The highest BCUT2D eigenvalue weighted by Gasteiger charge is 2.23. The number of hydrogen-bond acceptors (Lipinski definition) is 5. The van der Waals surface area contributed by atoms with Crippen LogP contribution in [0.1, 0.15) is 33.7 Å². The van der Waals surface area contributed by atoms with Gasteiger partial charge in [0.2, 0.25) is 0 Å². The molecule has 6 nitrogen and oxygen atoms in total. The molecule has 0 bridgehead atoms. The molecule has 0 unspecified atom stereocenters. The number of benzene rings is 1. The second-order valence-corrected chi connectivity index (χ2v) is 7.95. The fraction of sp³-hybridized carbons (Fsp3) is 0.375. The van der Waals surface area contributed by atoms with Crippen molar-refractivity contribution in [1.82, 2.24) is 14.8 Å². The van der Waals surface area contributed by atoms with Crippen LogP contribution >= 0.6 is 12.4 Å². The lowest BCUT2D eigenvalue weighted by molar-refractivity contribution is 0.0730. The number of aryl methyl sites for hydroxylation is 2. The van der Waals surface area contributed by atoms with Crippen LogP contribution in [0, 0.1) is 13.8 Å². The average molecular weight is 442 g/mol. The maximum absolute atomic E-state index is 13.1. The third-order valence-electron chi connectivity index (χ3n) is 5.97. The van der Waals surface area contributed by atoms with Crippen molar-refractivity contribution < 1.29 is 9.21 Å². The van der Waals surface area contributed by atoms with E-state index < -0.39 is 0 Å². The molecule has 31 heavy (non-hydrogen) atoms. The highest BCUT2D eigenvalue weighted by molar-refractivity contribution is 5.93. The van der Waals surface area contributed by atoms with Crippen molar-refractivity contribution in [3.63, 3.8) is 0 Å². The van der Waals surface area contributed by atoms with Crippen LogP contribution in [-0.4, -0.2) is 53.4 Å². The maximum Gasteiger partial charge on any atom is 0.289 e. The molecule has 0 saturated carbocycles. The van der Waals surface area contributed by atoms with Crippen LogP contribution < -0.4 is 5.43 Å². The van der Waals surface area contributed by atoms with E-state index in [1.807, 2.05) is 49.3 Å². The standard InChI is InChI=1S/C24H27N3O3.ClH/c1-17-4-5-20-21(28)16-22(30-23(20)18(17)2)24(29)27-12-3-11-26(14-15-27)13-8-19-6-9-25-10-7-19;/h4-7,9-10,16H,3,8,11-15H2,1-2H3;1H. The van der Waals surface area contributed by atoms with Gasteiger partial charge in [-0.1, -0.05) is 6.07 Å². The highest BCUT2D eigenvalue weighted by Crippen LogP contribution is 2.21. The second kappa shape index (κ2) is 10.1. The molecule has 1 aliphatic rings. The van der Waals surface area contributed by atoms with E-state index in [-0.39, 0.29) is 29.5 Å². The van der Waals surface area contributed by atoms with E-state index in [1.54, 1.807) is 6.07 Å². The van der Waals surface area contributed by atoms with Crippen LogP contribution in [0.3, 0.4) is 0 Å². The number of nitrogens with zero attached hydrogens (tertiary/aromatic N) is 3. The summed E-state index contributed by atoms with van der Waals surface area (Å²) in [4.78, 5) is 33.9. The van der Waals surface area contributed by atoms with Crippen LogP contribution in [0.15, 0.2) is 51.9 Å². The van der Waals surface area contributed by atoms with Gasteiger partial charge in [-0.3, -0.25) is 14.6 Å². The van der Waals surface area contributed by atoms with E-state index >= 15 is 0 Å². The molecule has 1 amide bonds. The minimum atomic E-state index is -0.203. The van der Waals surface area contributed by atoms with Gasteiger partial charge in [0.15, 0.2) is 11.2 Å². The number of hydrogen-bond donors (Lipinski definition) is 0. The Morgan fingerprint density at radius 1 is 1.06 bits per heavy atom. The SMILES string of the molecule is Cc1ccc2c(=O)cc(C(=O)N3CCCN(CCc4ccncc4)CC3)oc2c1C.Cl. The number of amides is 1. The predicted molar refractivity (Wildman–Crippen MR) is 124 cm³/mol. The Labute approximate surface area is 188 Å². The van der Waals surface area contributed by atoms with E-state index in [4.69, 9.17) is 4.42 Å². The number of pyridine rings is 1. The largest absolute Gasteiger partial charge is 0.450 e. The monoisotopic (exact) mass is 441 g/mol. The molecule has 1 fully saturated rings. The molecule has 0 atom stereocenters. The fourth-order valence-electron chi connectivity index (χ4n) is 3.95. The zero-order valence-electron chi connectivity index (χ0n) is 18.0. The molecule has 1 aromatic carbocycles. The predicted octanol–water partition coefficient (Wildman–Crippen LogP) is 3.62. The van der Waals surface area contributed by atoms with Gasteiger partial charge in [0.1, 0.15) is 5.58 Å². The van der Waals surface area contributed by atoms with Gasteiger partial charge >= 0.3 is 0 Å². The summed E-state index contributed by atoms with van der Waals surface area (Å²) in [7, 11) is 0. The summed E-state index contributed by atoms with van der Waals surface area (Å²) in [6.07, 6.45) is 5.50. The quantitative estimate of drug-likeness (QED) is 0.618. The summed E-state index contributed by atoms with van der Waals surface area (Å²) >= 11 is 0. The van der Waals surface area contributed by atoms with Gasteiger partial charge < -0.3 is 14.2 Å². The highest BCUT2D eigenvalue weighted by atomic mass is 35.5. The van der Waals surface area contributed by atoms with Crippen LogP contribution in [0.25, 0.3) is 11.0 Å². The van der Waals surface area contributed by atoms with E-state index in [1.165, 1.54) is 11.6 Å². The fourth-order valence-corrected chi connectivity index (χ4v) is 3.95. The Morgan fingerprint density at radius 2 is 1.84 bits per heavy atom. The van der Waals surface area contributed by atoms with Crippen LogP contribution in [0.2, 0.25) is 0 Å². The van der Waals surface area contributed by atoms with E-state index in [0.29, 0.717) is 24.1 Å². The van der Waals surface area contributed by atoms with Crippen molar-refractivity contribution in [1.29, 1.82) is 0 Å². The smallest absolute Gasteiger partial charge is 0.289 e. The Bertz CT molecular complexity index is 1110. The molecular weight excluding hydrogens is 414 g/mol. The molecule has 1 saturated heterocycles. The maximum atomic E-state index is 13.1. The van der Waals surface area contributed by atoms with Crippen molar-refractivity contribution in [3.05, 3.63) is 75.4 Å². The van der Waals surface area contributed by atoms with Crippen molar-refractivity contribution in [2.75, 3.05) is 32.7 Å². The molecule has 0 aliphatic carbocycles. The van der Waals surface area contributed by atoms with Crippen molar-refractivity contribution >= 4 is 29.3 Å². The molecular formula is C24H28ClN3O3. The zero-order chi connectivity index (χ0) is 21.1. The second-order valence-electron chi connectivity index (χ2n) is 7.95. The Kier molecular flexibility index (Phi) is 7.46. The van der Waals surface area contributed by atoms with Crippen molar-refractivity contribution in [3.8, 4) is 0 Å². The molecule has 7 heteroatoms. The molecule has 3 aromatic rings. The summed E-state index contributed by atoms with van der Waals surface area (Å²) in [6, 6.07) is 9.10. The van der Waals surface area contributed by atoms with E-state index in [2.05, 4.69) is 9.88 Å². The lowest BCUT2D eigenvalue weighted by Crippen LogP contribution is -2.36. The minimum Gasteiger partial charge on any atom is -0.450 e. The molecule has 0 N–H and O–H groups in total. The number of halogens is 1. The summed E-state index contributed by atoms with van der Waals surface area (Å²) in [6.45, 7) is 7.90. The molecule has 2 aromatic heterocycles. The van der Waals surface area contributed by atoms with Gasteiger partial charge in [0.05, 0.1) is 5.39 Å². The Hall–Kier alpha value is -2.70. The van der Waals surface area contributed by atoms with Crippen LogP contribution in [0.5, 0.6) is 0 Å². The summed E-state index contributed by atoms with van der Waals surface area (Å²) < 4.78 is 5.93. The minimum absolute atomic E-state index is 0. The van der Waals surface area contributed by atoms with Gasteiger partial charge in [-0.15, -0.1) is 12.4 Å². The molecule has 164 valence electrons. The first-order valence-electron chi connectivity index (χ1n) is 10.5. The topological polar surface area (TPSA) is 66.7 Å². The first-order valence-corrected chi connectivity index (χ1v) is 10.5. The van der Waals surface area contributed by atoms with Gasteiger partial charge in [-0.25, -0.2) is 0 Å². The summed E-state index contributed by atoms with van der Waals surface area (Å²) in [5.41, 5.74) is 3.55. The first kappa shape index (κ1) is 23.0. The summed E-state index contributed by atoms with van der Waals surface area (Å²) in [5.74, 6) is -0.0719. The lowest BCUT2D eigenvalue weighted by Gasteiger charge is -2.21. The van der Waals surface area contributed by atoms with Crippen molar-refractivity contribution in [2.45, 2.75) is 26.7 Å². The number of rotatable bonds is 4. The molecule has 1 aliphatic heterocycles. The van der Waals surface area contributed by atoms with Crippen LogP contribution in [0.4, 0.5) is 0 Å². The van der Waals surface area contributed by atoms with Gasteiger partial charge in [0, 0.05) is 44.6 Å². The third-order valence-corrected chi connectivity index (χ3v) is 5.97. The van der Waals surface area contributed by atoms with Gasteiger partial charge in [-0.2, -0.15) is 0 Å². The van der Waals surface area contributed by atoms with Crippen LogP contribution in [-0.2, 0) is 6.42 Å². The number of carbonyl (C=O) groups is 1. The molecule has 3 heterocycles. The van der Waals surface area contributed by atoms with Crippen molar-refractivity contribution in [2.24, 2.45) is 0 Å². The number of aromatic nitrogens is 1. The van der Waals surface area contributed by atoms with E-state index in [0.717, 1.165) is 43.6 Å². The first-order chi connectivity index (χ1) is 14.5. The number of fused-ring (bicyclic) bond motifs is 1.